The number of nitrogens with one attached hydrogen (secondary N) is 1. The molecule has 0 spiro atoms. The Morgan fingerprint density at radius 3 is 2.56 bits per heavy atom. The van der Waals surface area contributed by atoms with E-state index in [1.165, 1.54) is 0 Å². The fourth-order valence-electron chi connectivity index (χ4n) is 2.64. The molecule has 1 saturated heterocycles. The van der Waals surface area contributed by atoms with Crippen LogP contribution in [0.15, 0.2) is 0 Å². The smallest absolute Gasteiger partial charge is 0.313 e. The third-order valence-electron chi connectivity index (χ3n) is 3.56. The number of aromatic nitrogens is 2. The average molecular weight is 252 g/mol. The Hall–Kier alpha value is -1.43. The molecular formula is C12H20N4O2. The molecule has 2 heterocycles. The highest BCUT2D eigenvalue weighted by molar-refractivity contribution is 5.41. The van der Waals surface area contributed by atoms with Crippen LogP contribution in [0.25, 0.3) is 0 Å². The summed E-state index contributed by atoms with van der Waals surface area (Å²) in [7, 11) is 0. The van der Waals surface area contributed by atoms with E-state index in [1.807, 2.05) is 18.5 Å². The molecule has 1 aliphatic heterocycles. The van der Waals surface area contributed by atoms with Gasteiger partial charge in [-0.25, -0.2) is 0 Å². The molecule has 1 fully saturated rings. The van der Waals surface area contributed by atoms with E-state index in [-0.39, 0.29) is 10.6 Å². The van der Waals surface area contributed by atoms with E-state index in [1.54, 1.807) is 0 Å². The Balaban J connectivity index is 2.42. The van der Waals surface area contributed by atoms with Gasteiger partial charge in [0, 0.05) is 0 Å². The van der Waals surface area contributed by atoms with Gasteiger partial charge in [0.1, 0.15) is 11.4 Å². The number of piperidine rings is 1. The fourth-order valence-corrected chi connectivity index (χ4v) is 2.64. The molecular weight excluding hydrogens is 232 g/mol. The SMILES string of the molecule is CCc1nn(C2CCNCC2)c(CC)c1[N+](=O)[O-]. The molecule has 100 valence electrons. The average Bonchev–Trinajstić information content (AvgIpc) is 2.78. The molecule has 0 aliphatic carbocycles. The van der Waals surface area contributed by atoms with Crippen LogP contribution < -0.4 is 5.32 Å². The van der Waals surface area contributed by atoms with Crippen LogP contribution in [-0.2, 0) is 12.8 Å². The summed E-state index contributed by atoms with van der Waals surface area (Å²) in [4.78, 5) is 10.9. The Bertz CT molecular complexity index is 436. The maximum absolute atomic E-state index is 11.2. The van der Waals surface area contributed by atoms with Crippen molar-refractivity contribution in [1.82, 2.24) is 15.1 Å². The summed E-state index contributed by atoms with van der Waals surface area (Å²) in [6.07, 6.45) is 3.26. The highest BCUT2D eigenvalue weighted by Crippen LogP contribution is 2.29. The summed E-state index contributed by atoms with van der Waals surface area (Å²) in [6, 6.07) is 0.306. The quantitative estimate of drug-likeness (QED) is 0.655. The number of nitro groups is 1. The minimum absolute atomic E-state index is 0.235. The standard InChI is InChI=1S/C12H20N4O2/c1-3-10-12(16(17)18)11(4-2)15(14-10)9-5-7-13-8-6-9/h9,13H,3-8H2,1-2H3. The summed E-state index contributed by atoms with van der Waals surface area (Å²) < 4.78 is 1.91. The van der Waals surface area contributed by atoms with E-state index in [2.05, 4.69) is 10.4 Å². The molecule has 0 saturated carbocycles. The number of rotatable bonds is 4. The van der Waals surface area contributed by atoms with Gasteiger partial charge in [-0.1, -0.05) is 13.8 Å². The summed E-state index contributed by atoms with van der Waals surface area (Å²) in [5.74, 6) is 0. The number of aryl methyl sites for hydroxylation is 1. The maximum atomic E-state index is 11.2. The summed E-state index contributed by atoms with van der Waals surface area (Å²) >= 11 is 0. The molecule has 0 aromatic carbocycles. The lowest BCUT2D eigenvalue weighted by atomic mass is 10.1. The van der Waals surface area contributed by atoms with Gasteiger partial charge in [-0.2, -0.15) is 5.10 Å². The van der Waals surface area contributed by atoms with Crippen molar-refractivity contribution in [2.24, 2.45) is 0 Å². The van der Waals surface area contributed by atoms with Crippen molar-refractivity contribution in [1.29, 1.82) is 0 Å². The zero-order valence-corrected chi connectivity index (χ0v) is 11.0. The van der Waals surface area contributed by atoms with Gasteiger partial charge in [0.2, 0.25) is 0 Å². The van der Waals surface area contributed by atoms with Gasteiger partial charge in [0.25, 0.3) is 0 Å². The number of hydrogen-bond acceptors (Lipinski definition) is 4. The molecule has 0 radical (unpaired) electrons. The van der Waals surface area contributed by atoms with E-state index < -0.39 is 0 Å². The van der Waals surface area contributed by atoms with E-state index in [0.29, 0.717) is 24.6 Å². The van der Waals surface area contributed by atoms with Crippen molar-refractivity contribution in [3.05, 3.63) is 21.5 Å². The second-order valence-corrected chi connectivity index (χ2v) is 4.63. The van der Waals surface area contributed by atoms with Crippen molar-refractivity contribution in [3.8, 4) is 0 Å². The van der Waals surface area contributed by atoms with Gasteiger partial charge in [-0.3, -0.25) is 14.8 Å². The molecule has 0 amide bonds. The zero-order chi connectivity index (χ0) is 13.1. The second kappa shape index (κ2) is 5.48. The molecule has 2 rings (SSSR count). The molecule has 1 aromatic heterocycles. The Labute approximate surface area is 107 Å². The van der Waals surface area contributed by atoms with Crippen molar-refractivity contribution in [3.63, 3.8) is 0 Å². The van der Waals surface area contributed by atoms with Gasteiger partial charge in [0.15, 0.2) is 0 Å². The van der Waals surface area contributed by atoms with E-state index in [9.17, 15) is 10.1 Å². The minimum Gasteiger partial charge on any atom is -0.317 e. The molecule has 1 aliphatic rings. The Morgan fingerprint density at radius 2 is 2.06 bits per heavy atom. The third kappa shape index (κ3) is 2.25. The highest BCUT2D eigenvalue weighted by Gasteiger charge is 2.29. The van der Waals surface area contributed by atoms with Gasteiger partial charge < -0.3 is 5.32 Å². The molecule has 18 heavy (non-hydrogen) atoms. The number of nitrogens with zero attached hydrogens (tertiary/aromatic N) is 3. The molecule has 0 bridgehead atoms. The predicted octanol–water partition coefficient (Wildman–Crippen LogP) is 1.84. The first-order chi connectivity index (χ1) is 8.69. The first kappa shape index (κ1) is 13.0. The molecule has 0 atom stereocenters. The fraction of sp³-hybridized carbons (Fsp3) is 0.750. The van der Waals surface area contributed by atoms with Crippen LogP contribution in [0.3, 0.4) is 0 Å². The van der Waals surface area contributed by atoms with E-state index >= 15 is 0 Å². The maximum Gasteiger partial charge on any atom is 0.313 e. The monoisotopic (exact) mass is 252 g/mol. The summed E-state index contributed by atoms with van der Waals surface area (Å²) in [6.45, 7) is 5.80. The van der Waals surface area contributed by atoms with Gasteiger partial charge in [-0.15, -0.1) is 0 Å². The largest absolute Gasteiger partial charge is 0.317 e. The molecule has 1 aromatic rings. The molecule has 0 unspecified atom stereocenters. The van der Waals surface area contributed by atoms with E-state index in [0.717, 1.165) is 31.6 Å². The van der Waals surface area contributed by atoms with Crippen LogP contribution in [0.5, 0.6) is 0 Å². The lowest BCUT2D eigenvalue weighted by molar-refractivity contribution is -0.386. The highest BCUT2D eigenvalue weighted by atomic mass is 16.6. The summed E-state index contributed by atoms with van der Waals surface area (Å²) in [5.41, 5.74) is 1.64. The lowest BCUT2D eigenvalue weighted by Crippen LogP contribution is -2.30. The predicted molar refractivity (Wildman–Crippen MR) is 68.8 cm³/mol. The normalized spacial score (nSPS) is 17.0. The van der Waals surface area contributed by atoms with Crippen molar-refractivity contribution in [2.75, 3.05) is 13.1 Å². The van der Waals surface area contributed by atoms with Gasteiger partial charge >= 0.3 is 5.69 Å². The van der Waals surface area contributed by atoms with Gasteiger partial charge in [-0.05, 0) is 38.8 Å². The first-order valence-electron chi connectivity index (χ1n) is 6.64. The summed E-state index contributed by atoms with van der Waals surface area (Å²) in [5, 5.41) is 19.0. The van der Waals surface area contributed by atoms with Crippen LogP contribution in [0, 0.1) is 10.1 Å². The Morgan fingerprint density at radius 1 is 1.39 bits per heavy atom. The third-order valence-corrected chi connectivity index (χ3v) is 3.56. The molecule has 6 nitrogen and oxygen atoms in total. The zero-order valence-electron chi connectivity index (χ0n) is 11.0. The topological polar surface area (TPSA) is 73.0 Å². The first-order valence-corrected chi connectivity index (χ1v) is 6.64. The second-order valence-electron chi connectivity index (χ2n) is 4.63. The van der Waals surface area contributed by atoms with Crippen molar-refractivity contribution >= 4 is 5.69 Å². The van der Waals surface area contributed by atoms with Crippen LogP contribution in [0.4, 0.5) is 5.69 Å². The van der Waals surface area contributed by atoms with E-state index in [4.69, 9.17) is 0 Å². The van der Waals surface area contributed by atoms with Crippen LogP contribution in [-0.4, -0.2) is 27.8 Å². The Kier molecular flexibility index (Phi) is 3.96. The molecule has 6 heteroatoms. The van der Waals surface area contributed by atoms with Gasteiger partial charge in [0.05, 0.1) is 11.0 Å². The minimum atomic E-state index is -0.276. The van der Waals surface area contributed by atoms with Crippen LogP contribution in [0.1, 0.15) is 44.1 Å². The van der Waals surface area contributed by atoms with Crippen molar-refractivity contribution < 1.29 is 4.92 Å². The van der Waals surface area contributed by atoms with Crippen LogP contribution in [0.2, 0.25) is 0 Å². The lowest BCUT2D eigenvalue weighted by Gasteiger charge is -2.24. The van der Waals surface area contributed by atoms with Crippen LogP contribution >= 0.6 is 0 Å². The number of hydrogen-bond donors (Lipinski definition) is 1. The van der Waals surface area contributed by atoms with Crippen molar-refractivity contribution in [2.45, 2.75) is 45.6 Å². The molecule has 1 N–H and O–H groups in total.